The summed E-state index contributed by atoms with van der Waals surface area (Å²) in [4.78, 5) is 12.5. The Morgan fingerprint density at radius 3 is 2.42 bits per heavy atom. The van der Waals surface area contributed by atoms with Crippen LogP contribution in [-0.2, 0) is 0 Å². The Bertz CT molecular complexity index is 943. The molecule has 0 saturated carbocycles. The molecule has 1 N–H and O–H groups in total. The van der Waals surface area contributed by atoms with Crippen LogP contribution in [0.1, 0.15) is 21.7 Å². The highest BCUT2D eigenvalue weighted by Gasteiger charge is 2.15. The van der Waals surface area contributed by atoms with Gasteiger partial charge in [0.05, 0.1) is 19.9 Å². The first kappa shape index (κ1) is 17.6. The van der Waals surface area contributed by atoms with Gasteiger partial charge < -0.3 is 19.2 Å². The van der Waals surface area contributed by atoms with Gasteiger partial charge >= 0.3 is 0 Å². The van der Waals surface area contributed by atoms with Crippen molar-refractivity contribution in [2.75, 3.05) is 19.5 Å². The average molecular weight is 351 g/mol. The Morgan fingerprint density at radius 2 is 1.73 bits per heavy atom. The van der Waals surface area contributed by atoms with E-state index in [1.807, 2.05) is 25.1 Å². The molecule has 0 spiro atoms. The smallest absolute Gasteiger partial charge is 0.291 e. The number of benzene rings is 2. The number of aryl methyl sites for hydroxylation is 2. The number of nitrogens with one attached hydrogen (secondary N) is 1. The number of hydrogen-bond acceptors (Lipinski definition) is 4. The molecule has 5 heteroatoms. The summed E-state index contributed by atoms with van der Waals surface area (Å²) in [5.74, 6) is 1.68. The molecule has 3 aromatic rings. The quantitative estimate of drug-likeness (QED) is 0.715. The number of carbonyl (C=O) groups is 1. The molecule has 0 bridgehead atoms. The number of methoxy groups -OCH3 is 2. The molecule has 3 rings (SSSR count). The standard InChI is InChI=1S/C21H21NO4/c1-13-5-6-15(11-14(13)2)18-9-10-20(26-18)21(23)22-17-12-16(24-3)7-8-19(17)25-4/h5-12H,1-4H3,(H,22,23). The number of hydrogen-bond donors (Lipinski definition) is 1. The van der Waals surface area contributed by atoms with Crippen molar-refractivity contribution in [3.8, 4) is 22.8 Å². The highest BCUT2D eigenvalue weighted by Crippen LogP contribution is 2.30. The number of carbonyl (C=O) groups excluding carboxylic acids is 1. The van der Waals surface area contributed by atoms with E-state index in [0.29, 0.717) is 22.9 Å². The van der Waals surface area contributed by atoms with Crippen molar-refractivity contribution < 1.29 is 18.7 Å². The van der Waals surface area contributed by atoms with E-state index in [-0.39, 0.29) is 11.7 Å². The molecule has 1 amide bonds. The second-order valence-corrected chi connectivity index (χ2v) is 5.98. The maximum Gasteiger partial charge on any atom is 0.291 e. The summed E-state index contributed by atoms with van der Waals surface area (Å²) >= 11 is 0. The lowest BCUT2D eigenvalue weighted by Crippen LogP contribution is -2.11. The molecule has 0 unspecified atom stereocenters. The van der Waals surface area contributed by atoms with E-state index < -0.39 is 0 Å². The maximum absolute atomic E-state index is 12.5. The minimum absolute atomic E-state index is 0.225. The normalized spacial score (nSPS) is 10.5. The third-order valence-corrected chi connectivity index (χ3v) is 4.28. The minimum atomic E-state index is -0.355. The molecule has 0 aliphatic rings. The minimum Gasteiger partial charge on any atom is -0.497 e. The highest BCUT2D eigenvalue weighted by molar-refractivity contribution is 6.03. The molecule has 26 heavy (non-hydrogen) atoms. The van der Waals surface area contributed by atoms with E-state index in [9.17, 15) is 4.79 Å². The molecule has 0 aliphatic carbocycles. The van der Waals surface area contributed by atoms with E-state index in [1.165, 1.54) is 11.1 Å². The molecule has 0 atom stereocenters. The van der Waals surface area contributed by atoms with Crippen LogP contribution in [0.3, 0.4) is 0 Å². The van der Waals surface area contributed by atoms with Crippen LogP contribution in [0.15, 0.2) is 52.9 Å². The first-order chi connectivity index (χ1) is 12.5. The van der Waals surface area contributed by atoms with Gasteiger partial charge in [0.1, 0.15) is 17.3 Å². The van der Waals surface area contributed by atoms with Crippen molar-refractivity contribution in [1.82, 2.24) is 0 Å². The second kappa shape index (κ2) is 7.35. The van der Waals surface area contributed by atoms with Crippen LogP contribution in [0.4, 0.5) is 5.69 Å². The Balaban J connectivity index is 1.83. The number of amides is 1. The zero-order valence-electron chi connectivity index (χ0n) is 15.3. The molecule has 0 radical (unpaired) electrons. The summed E-state index contributed by atoms with van der Waals surface area (Å²) in [5.41, 5.74) is 3.83. The summed E-state index contributed by atoms with van der Waals surface area (Å²) < 4.78 is 16.2. The van der Waals surface area contributed by atoms with Crippen LogP contribution in [0.2, 0.25) is 0 Å². The fourth-order valence-corrected chi connectivity index (χ4v) is 2.61. The van der Waals surface area contributed by atoms with Crippen molar-refractivity contribution in [3.05, 3.63) is 65.4 Å². The van der Waals surface area contributed by atoms with Gasteiger partial charge in [-0.2, -0.15) is 0 Å². The van der Waals surface area contributed by atoms with Crippen molar-refractivity contribution >= 4 is 11.6 Å². The molecule has 0 saturated heterocycles. The van der Waals surface area contributed by atoms with Gasteiger partial charge in [0.15, 0.2) is 5.76 Å². The molecular weight excluding hydrogens is 330 g/mol. The van der Waals surface area contributed by atoms with Crippen molar-refractivity contribution in [1.29, 1.82) is 0 Å². The molecule has 134 valence electrons. The van der Waals surface area contributed by atoms with Crippen molar-refractivity contribution in [3.63, 3.8) is 0 Å². The van der Waals surface area contributed by atoms with Crippen LogP contribution < -0.4 is 14.8 Å². The van der Waals surface area contributed by atoms with Crippen LogP contribution in [0.25, 0.3) is 11.3 Å². The highest BCUT2D eigenvalue weighted by atomic mass is 16.5. The molecule has 5 nitrogen and oxygen atoms in total. The Morgan fingerprint density at radius 1 is 0.923 bits per heavy atom. The zero-order chi connectivity index (χ0) is 18.7. The topological polar surface area (TPSA) is 60.7 Å². The molecule has 1 aromatic heterocycles. The molecule has 0 fully saturated rings. The molecular formula is C21H21NO4. The fraction of sp³-hybridized carbons (Fsp3) is 0.190. The Kier molecular flexibility index (Phi) is 4.98. The lowest BCUT2D eigenvalue weighted by Gasteiger charge is -2.11. The average Bonchev–Trinajstić information content (AvgIpc) is 3.14. The van der Waals surface area contributed by atoms with Gasteiger partial charge in [-0.25, -0.2) is 0 Å². The van der Waals surface area contributed by atoms with E-state index in [2.05, 4.69) is 12.2 Å². The van der Waals surface area contributed by atoms with Crippen LogP contribution in [-0.4, -0.2) is 20.1 Å². The molecule has 2 aromatic carbocycles. The lowest BCUT2D eigenvalue weighted by molar-refractivity contribution is 0.0997. The number of rotatable bonds is 5. The van der Waals surface area contributed by atoms with Gasteiger partial charge in [-0.15, -0.1) is 0 Å². The maximum atomic E-state index is 12.5. The van der Waals surface area contributed by atoms with Crippen LogP contribution in [0, 0.1) is 13.8 Å². The summed E-state index contributed by atoms with van der Waals surface area (Å²) in [5, 5.41) is 2.80. The summed E-state index contributed by atoms with van der Waals surface area (Å²) in [7, 11) is 3.11. The van der Waals surface area contributed by atoms with Gasteiger partial charge in [-0.05, 0) is 55.3 Å². The predicted molar refractivity (Wildman–Crippen MR) is 101 cm³/mol. The number of furan rings is 1. The first-order valence-corrected chi connectivity index (χ1v) is 8.22. The van der Waals surface area contributed by atoms with Crippen LogP contribution in [0.5, 0.6) is 11.5 Å². The van der Waals surface area contributed by atoms with E-state index in [4.69, 9.17) is 13.9 Å². The third kappa shape index (κ3) is 3.57. The van der Waals surface area contributed by atoms with Gasteiger partial charge in [0.25, 0.3) is 5.91 Å². The van der Waals surface area contributed by atoms with Gasteiger partial charge in [-0.1, -0.05) is 12.1 Å². The predicted octanol–water partition coefficient (Wildman–Crippen LogP) is 4.83. The number of anilines is 1. The van der Waals surface area contributed by atoms with Gasteiger partial charge in [0, 0.05) is 11.6 Å². The fourth-order valence-electron chi connectivity index (χ4n) is 2.61. The second-order valence-electron chi connectivity index (χ2n) is 5.98. The lowest BCUT2D eigenvalue weighted by atomic mass is 10.1. The Hall–Kier alpha value is -3.21. The molecule has 0 aliphatic heterocycles. The monoisotopic (exact) mass is 351 g/mol. The van der Waals surface area contributed by atoms with E-state index in [1.54, 1.807) is 44.6 Å². The first-order valence-electron chi connectivity index (χ1n) is 8.22. The van der Waals surface area contributed by atoms with Crippen LogP contribution >= 0.6 is 0 Å². The van der Waals surface area contributed by atoms with E-state index >= 15 is 0 Å². The largest absolute Gasteiger partial charge is 0.497 e. The van der Waals surface area contributed by atoms with Gasteiger partial charge in [-0.3, -0.25) is 4.79 Å². The third-order valence-electron chi connectivity index (χ3n) is 4.28. The summed E-state index contributed by atoms with van der Waals surface area (Å²) in [6.07, 6.45) is 0. The SMILES string of the molecule is COc1ccc(OC)c(NC(=O)c2ccc(-c3ccc(C)c(C)c3)o2)c1. The number of ether oxygens (including phenoxy) is 2. The van der Waals surface area contributed by atoms with Crippen molar-refractivity contribution in [2.45, 2.75) is 13.8 Å². The van der Waals surface area contributed by atoms with E-state index in [0.717, 1.165) is 5.56 Å². The summed E-state index contributed by atoms with van der Waals surface area (Å²) in [6.45, 7) is 4.10. The van der Waals surface area contributed by atoms with Crippen molar-refractivity contribution in [2.24, 2.45) is 0 Å². The van der Waals surface area contributed by atoms with Gasteiger partial charge in [0.2, 0.25) is 0 Å². The Labute approximate surface area is 152 Å². The summed E-state index contributed by atoms with van der Waals surface area (Å²) in [6, 6.07) is 14.7. The molecule has 1 heterocycles. The zero-order valence-corrected chi connectivity index (χ0v) is 15.3.